The maximum atomic E-state index is 11.9. The van der Waals surface area contributed by atoms with Crippen molar-refractivity contribution >= 4 is 5.78 Å². The molecule has 0 amide bonds. The van der Waals surface area contributed by atoms with Gasteiger partial charge in [-0.05, 0) is 36.7 Å². The maximum absolute atomic E-state index is 11.9. The van der Waals surface area contributed by atoms with E-state index in [1.165, 1.54) is 0 Å². The van der Waals surface area contributed by atoms with E-state index in [9.17, 15) is 4.79 Å². The van der Waals surface area contributed by atoms with Crippen LogP contribution in [0.3, 0.4) is 0 Å². The van der Waals surface area contributed by atoms with Gasteiger partial charge in [0.1, 0.15) is 5.75 Å². The quantitative estimate of drug-likeness (QED) is 0.750. The van der Waals surface area contributed by atoms with E-state index in [1.54, 1.807) is 31.4 Å². The number of ketones is 1. The fourth-order valence-electron chi connectivity index (χ4n) is 1.55. The Labute approximate surface area is 96.6 Å². The van der Waals surface area contributed by atoms with Gasteiger partial charge in [0, 0.05) is 12.0 Å². The van der Waals surface area contributed by atoms with Gasteiger partial charge in [-0.3, -0.25) is 4.79 Å². The second kappa shape index (κ2) is 6.28. The zero-order chi connectivity index (χ0) is 12.0. The van der Waals surface area contributed by atoms with Crippen LogP contribution in [0.15, 0.2) is 24.3 Å². The van der Waals surface area contributed by atoms with Crippen LogP contribution in [-0.2, 0) is 0 Å². The van der Waals surface area contributed by atoms with Crippen molar-refractivity contribution in [2.24, 2.45) is 11.7 Å². The molecule has 0 heterocycles. The number of methoxy groups -OCH3 is 1. The molecular weight excluding hydrogens is 202 g/mol. The number of hydrogen-bond donors (Lipinski definition) is 1. The zero-order valence-corrected chi connectivity index (χ0v) is 9.90. The first kappa shape index (κ1) is 12.7. The lowest BCUT2D eigenvalue weighted by atomic mass is 9.96. The molecule has 0 aliphatic carbocycles. The summed E-state index contributed by atoms with van der Waals surface area (Å²) in [5.74, 6) is 1.21. The lowest BCUT2D eigenvalue weighted by Crippen LogP contribution is -2.17. The van der Waals surface area contributed by atoms with Crippen molar-refractivity contribution in [2.45, 2.75) is 19.8 Å². The summed E-state index contributed by atoms with van der Waals surface area (Å²) in [6, 6.07) is 7.20. The number of benzene rings is 1. The molecule has 16 heavy (non-hydrogen) atoms. The van der Waals surface area contributed by atoms with Crippen LogP contribution in [0.5, 0.6) is 5.75 Å². The standard InChI is InChI=1S/C13H19NO2/c1-3-10(9-14)8-13(15)11-4-6-12(16-2)7-5-11/h4-7,10H,3,8-9,14H2,1-2H3. The Hall–Kier alpha value is -1.35. The van der Waals surface area contributed by atoms with Crippen molar-refractivity contribution in [3.8, 4) is 5.75 Å². The van der Waals surface area contributed by atoms with Crippen molar-refractivity contribution in [3.05, 3.63) is 29.8 Å². The number of carbonyl (C=O) groups excluding carboxylic acids is 1. The molecule has 0 aromatic heterocycles. The lowest BCUT2D eigenvalue weighted by Gasteiger charge is -2.10. The molecule has 0 radical (unpaired) electrons. The average Bonchev–Trinajstić information content (AvgIpc) is 2.35. The normalized spacial score (nSPS) is 12.2. The van der Waals surface area contributed by atoms with Crippen LogP contribution >= 0.6 is 0 Å². The molecule has 3 heteroatoms. The van der Waals surface area contributed by atoms with Crippen molar-refractivity contribution in [2.75, 3.05) is 13.7 Å². The van der Waals surface area contributed by atoms with Crippen LogP contribution < -0.4 is 10.5 Å². The van der Waals surface area contributed by atoms with Crippen LogP contribution in [0, 0.1) is 5.92 Å². The van der Waals surface area contributed by atoms with E-state index in [-0.39, 0.29) is 11.7 Å². The third kappa shape index (κ3) is 3.35. The third-order valence-electron chi connectivity index (χ3n) is 2.80. The van der Waals surface area contributed by atoms with Crippen molar-refractivity contribution in [1.82, 2.24) is 0 Å². The Morgan fingerprint density at radius 3 is 2.44 bits per heavy atom. The SMILES string of the molecule is CCC(CN)CC(=O)c1ccc(OC)cc1. The van der Waals surface area contributed by atoms with Gasteiger partial charge < -0.3 is 10.5 Å². The van der Waals surface area contributed by atoms with Crippen molar-refractivity contribution < 1.29 is 9.53 Å². The maximum Gasteiger partial charge on any atom is 0.163 e. The topological polar surface area (TPSA) is 52.3 Å². The Morgan fingerprint density at radius 1 is 1.38 bits per heavy atom. The predicted octanol–water partition coefficient (Wildman–Crippen LogP) is 2.25. The fourth-order valence-corrected chi connectivity index (χ4v) is 1.55. The second-order valence-electron chi connectivity index (χ2n) is 3.87. The van der Waals surface area contributed by atoms with Gasteiger partial charge in [-0.2, -0.15) is 0 Å². The molecule has 0 saturated heterocycles. The van der Waals surface area contributed by atoms with E-state index in [4.69, 9.17) is 10.5 Å². The smallest absolute Gasteiger partial charge is 0.163 e. The summed E-state index contributed by atoms with van der Waals surface area (Å²) in [6.45, 7) is 2.62. The van der Waals surface area contributed by atoms with Gasteiger partial charge in [0.15, 0.2) is 5.78 Å². The number of carbonyl (C=O) groups is 1. The summed E-state index contributed by atoms with van der Waals surface area (Å²) in [5, 5.41) is 0. The van der Waals surface area contributed by atoms with Crippen LogP contribution in [-0.4, -0.2) is 19.4 Å². The number of rotatable bonds is 6. The minimum atomic E-state index is 0.153. The van der Waals surface area contributed by atoms with Gasteiger partial charge in [-0.1, -0.05) is 13.3 Å². The molecule has 1 rings (SSSR count). The van der Waals surface area contributed by atoms with Gasteiger partial charge >= 0.3 is 0 Å². The first-order chi connectivity index (χ1) is 7.71. The first-order valence-corrected chi connectivity index (χ1v) is 5.58. The van der Waals surface area contributed by atoms with Crippen molar-refractivity contribution in [1.29, 1.82) is 0 Å². The Balaban J connectivity index is 2.65. The van der Waals surface area contributed by atoms with E-state index in [1.807, 2.05) is 0 Å². The Kier molecular flexibility index (Phi) is 4.99. The second-order valence-corrected chi connectivity index (χ2v) is 3.87. The van der Waals surface area contributed by atoms with Crippen LogP contribution in [0.4, 0.5) is 0 Å². The number of nitrogens with two attached hydrogens (primary N) is 1. The molecule has 3 nitrogen and oxygen atoms in total. The average molecular weight is 221 g/mol. The molecule has 88 valence electrons. The lowest BCUT2D eigenvalue weighted by molar-refractivity contribution is 0.0961. The zero-order valence-electron chi connectivity index (χ0n) is 9.90. The summed E-state index contributed by atoms with van der Waals surface area (Å²) in [4.78, 5) is 11.9. The highest BCUT2D eigenvalue weighted by Gasteiger charge is 2.12. The molecule has 1 aromatic rings. The monoisotopic (exact) mass is 221 g/mol. The predicted molar refractivity (Wildman–Crippen MR) is 64.8 cm³/mol. The molecule has 1 atom stereocenters. The molecule has 1 unspecified atom stereocenters. The number of ether oxygens (including phenoxy) is 1. The van der Waals surface area contributed by atoms with E-state index in [2.05, 4.69) is 6.92 Å². The first-order valence-electron chi connectivity index (χ1n) is 5.58. The minimum Gasteiger partial charge on any atom is -0.497 e. The molecular formula is C13H19NO2. The molecule has 2 N–H and O–H groups in total. The van der Waals surface area contributed by atoms with Crippen LogP contribution in [0.2, 0.25) is 0 Å². The third-order valence-corrected chi connectivity index (χ3v) is 2.80. The van der Waals surface area contributed by atoms with E-state index in [0.717, 1.165) is 17.7 Å². The Bertz CT molecular complexity index is 328. The van der Waals surface area contributed by atoms with E-state index >= 15 is 0 Å². The van der Waals surface area contributed by atoms with Crippen molar-refractivity contribution in [3.63, 3.8) is 0 Å². The van der Waals surface area contributed by atoms with Gasteiger partial charge in [-0.25, -0.2) is 0 Å². The van der Waals surface area contributed by atoms with E-state index in [0.29, 0.717) is 13.0 Å². The molecule has 0 saturated carbocycles. The molecule has 0 fully saturated rings. The number of Topliss-reactive ketones (excluding diaryl/α,β-unsaturated/α-hetero) is 1. The number of hydrogen-bond acceptors (Lipinski definition) is 3. The van der Waals surface area contributed by atoms with Gasteiger partial charge in [0.05, 0.1) is 7.11 Å². The van der Waals surface area contributed by atoms with Crippen LogP contribution in [0.1, 0.15) is 30.1 Å². The highest BCUT2D eigenvalue weighted by molar-refractivity contribution is 5.96. The molecule has 0 aliphatic rings. The molecule has 1 aromatic carbocycles. The highest BCUT2D eigenvalue weighted by atomic mass is 16.5. The molecule has 0 bridgehead atoms. The Morgan fingerprint density at radius 2 is 2.00 bits per heavy atom. The van der Waals surface area contributed by atoms with E-state index < -0.39 is 0 Å². The summed E-state index contributed by atoms with van der Waals surface area (Å²) in [7, 11) is 1.61. The highest BCUT2D eigenvalue weighted by Crippen LogP contribution is 2.15. The summed E-state index contributed by atoms with van der Waals surface area (Å²) in [6.07, 6.45) is 1.47. The van der Waals surface area contributed by atoms with Gasteiger partial charge in [-0.15, -0.1) is 0 Å². The fraction of sp³-hybridized carbons (Fsp3) is 0.462. The molecule has 0 spiro atoms. The largest absolute Gasteiger partial charge is 0.497 e. The molecule has 0 aliphatic heterocycles. The summed E-state index contributed by atoms with van der Waals surface area (Å²) in [5.41, 5.74) is 6.31. The summed E-state index contributed by atoms with van der Waals surface area (Å²) < 4.78 is 5.04. The van der Waals surface area contributed by atoms with Gasteiger partial charge in [0.2, 0.25) is 0 Å². The minimum absolute atomic E-state index is 0.153. The van der Waals surface area contributed by atoms with Gasteiger partial charge in [0.25, 0.3) is 0 Å². The summed E-state index contributed by atoms with van der Waals surface area (Å²) >= 11 is 0. The van der Waals surface area contributed by atoms with Crippen LogP contribution in [0.25, 0.3) is 0 Å².